The molecule has 3 aromatic rings. The zero-order valence-corrected chi connectivity index (χ0v) is 20.7. The standard InChI is InChI=1S/C26H28N4O6/c1-26(2,3)14-22(31)20-12-19(29-10-8-23(32)27-25(29)33)13-21(24(20)36-4)28-9-7-16-11-18(30(34)35)6-5-17(16)15-28/h5-6,8,10-13H,7,9,14-15H2,1-4H3,(H,27,32,33). The Hall–Kier alpha value is -4.21. The van der Waals surface area contributed by atoms with Crippen LogP contribution in [-0.4, -0.2) is 33.9 Å². The monoisotopic (exact) mass is 492 g/mol. The fourth-order valence-corrected chi connectivity index (χ4v) is 4.45. The Morgan fingerprint density at radius 2 is 1.89 bits per heavy atom. The Balaban J connectivity index is 1.85. The number of carbonyl (C=O) groups is 1. The summed E-state index contributed by atoms with van der Waals surface area (Å²) in [6.45, 7) is 6.88. The average molecular weight is 493 g/mol. The van der Waals surface area contributed by atoms with E-state index >= 15 is 0 Å². The molecule has 1 aliphatic heterocycles. The molecule has 2 aromatic carbocycles. The van der Waals surface area contributed by atoms with E-state index in [0.29, 0.717) is 42.2 Å². The highest BCUT2D eigenvalue weighted by molar-refractivity contribution is 6.01. The summed E-state index contributed by atoms with van der Waals surface area (Å²) in [5, 5.41) is 11.2. The summed E-state index contributed by atoms with van der Waals surface area (Å²) in [4.78, 5) is 52.6. The van der Waals surface area contributed by atoms with E-state index in [0.717, 1.165) is 11.1 Å². The lowest BCUT2D eigenvalue weighted by Gasteiger charge is -2.32. The van der Waals surface area contributed by atoms with E-state index in [1.165, 1.54) is 30.0 Å². The van der Waals surface area contributed by atoms with Crippen LogP contribution in [0, 0.1) is 15.5 Å². The van der Waals surface area contributed by atoms with Gasteiger partial charge in [0.25, 0.3) is 11.2 Å². The summed E-state index contributed by atoms with van der Waals surface area (Å²) in [6, 6.07) is 9.42. The summed E-state index contributed by atoms with van der Waals surface area (Å²) < 4.78 is 7.02. The van der Waals surface area contributed by atoms with Crippen molar-refractivity contribution in [2.75, 3.05) is 18.6 Å². The number of aromatic nitrogens is 2. The first-order chi connectivity index (χ1) is 17.0. The van der Waals surface area contributed by atoms with Gasteiger partial charge in [0.05, 0.1) is 29.0 Å². The number of benzene rings is 2. The van der Waals surface area contributed by atoms with Crippen LogP contribution in [0.25, 0.3) is 5.69 Å². The molecular weight excluding hydrogens is 464 g/mol. The SMILES string of the molecule is COc1c(C(=O)CC(C)(C)C)cc(-n2ccc(=O)[nH]c2=O)cc1N1CCc2cc([N+](=O)[O-])ccc2C1. The minimum absolute atomic E-state index is 0.0503. The van der Waals surface area contributed by atoms with Gasteiger partial charge in [-0.1, -0.05) is 26.8 Å². The summed E-state index contributed by atoms with van der Waals surface area (Å²) in [5.74, 6) is 0.267. The molecule has 1 aliphatic rings. The predicted octanol–water partition coefficient (Wildman–Crippen LogP) is 3.62. The third-order valence-electron chi connectivity index (χ3n) is 6.11. The number of nitro groups is 1. The second-order valence-corrected chi connectivity index (χ2v) is 10.1. The smallest absolute Gasteiger partial charge is 0.332 e. The van der Waals surface area contributed by atoms with Gasteiger partial charge in [0, 0.05) is 43.9 Å². The van der Waals surface area contributed by atoms with Gasteiger partial charge in [-0.15, -0.1) is 0 Å². The molecule has 0 saturated heterocycles. The van der Waals surface area contributed by atoms with Crippen LogP contribution in [0.4, 0.5) is 11.4 Å². The van der Waals surface area contributed by atoms with E-state index in [2.05, 4.69) is 4.98 Å². The Morgan fingerprint density at radius 1 is 1.14 bits per heavy atom. The van der Waals surface area contributed by atoms with Crippen LogP contribution in [0.15, 0.2) is 52.2 Å². The van der Waals surface area contributed by atoms with Crippen molar-refractivity contribution in [3.63, 3.8) is 0 Å². The van der Waals surface area contributed by atoms with E-state index in [1.54, 1.807) is 24.3 Å². The second kappa shape index (κ2) is 9.44. The van der Waals surface area contributed by atoms with E-state index in [4.69, 9.17) is 4.74 Å². The molecular formula is C26H28N4O6. The molecule has 10 heteroatoms. The lowest BCUT2D eigenvalue weighted by atomic mass is 9.87. The van der Waals surface area contributed by atoms with Gasteiger partial charge in [0.15, 0.2) is 11.5 Å². The van der Waals surface area contributed by atoms with Crippen LogP contribution in [0.5, 0.6) is 5.75 Å². The zero-order chi connectivity index (χ0) is 26.2. The number of nitro benzene ring substituents is 1. The molecule has 0 atom stereocenters. The maximum absolute atomic E-state index is 13.4. The summed E-state index contributed by atoms with van der Waals surface area (Å²) in [5.41, 5.74) is 1.85. The number of hydrogen-bond donors (Lipinski definition) is 1. The van der Waals surface area contributed by atoms with Crippen molar-refractivity contribution in [2.45, 2.75) is 40.2 Å². The van der Waals surface area contributed by atoms with Crippen LogP contribution in [0.3, 0.4) is 0 Å². The fourth-order valence-electron chi connectivity index (χ4n) is 4.45. The molecule has 4 rings (SSSR count). The van der Waals surface area contributed by atoms with Gasteiger partial charge in [-0.25, -0.2) is 4.79 Å². The number of carbonyl (C=O) groups excluding carboxylic acids is 1. The number of rotatable bonds is 6. The number of H-pyrrole nitrogens is 1. The maximum atomic E-state index is 13.4. The lowest BCUT2D eigenvalue weighted by molar-refractivity contribution is -0.384. The number of ether oxygens (including phenoxy) is 1. The Kier molecular flexibility index (Phi) is 6.53. The number of nitrogens with one attached hydrogen (secondary N) is 1. The Labute approximate surface area is 207 Å². The number of ketones is 1. The first-order valence-electron chi connectivity index (χ1n) is 11.6. The molecule has 1 aromatic heterocycles. The Bertz CT molecular complexity index is 1460. The van der Waals surface area contributed by atoms with E-state index in [-0.39, 0.29) is 23.3 Å². The van der Waals surface area contributed by atoms with Crippen molar-refractivity contribution in [2.24, 2.45) is 5.41 Å². The van der Waals surface area contributed by atoms with Crippen molar-refractivity contribution >= 4 is 17.2 Å². The van der Waals surface area contributed by atoms with E-state index in [1.807, 2.05) is 25.7 Å². The lowest BCUT2D eigenvalue weighted by Crippen LogP contribution is -2.32. The van der Waals surface area contributed by atoms with E-state index in [9.17, 15) is 24.5 Å². The second-order valence-electron chi connectivity index (χ2n) is 10.1. The normalized spacial score (nSPS) is 13.3. The highest BCUT2D eigenvalue weighted by Crippen LogP contribution is 2.39. The van der Waals surface area contributed by atoms with Gasteiger partial charge in [-0.2, -0.15) is 0 Å². The number of fused-ring (bicyclic) bond motifs is 1. The number of anilines is 1. The van der Waals surface area contributed by atoms with Gasteiger partial charge >= 0.3 is 5.69 Å². The molecule has 0 spiro atoms. The van der Waals surface area contributed by atoms with Crippen LogP contribution in [0.2, 0.25) is 0 Å². The third kappa shape index (κ3) is 5.07. The molecule has 1 N–H and O–H groups in total. The topological polar surface area (TPSA) is 128 Å². The van der Waals surface area contributed by atoms with Gasteiger partial charge in [-0.05, 0) is 35.1 Å². The van der Waals surface area contributed by atoms with Crippen LogP contribution in [-0.2, 0) is 13.0 Å². The molecule has 0 fully saturated rings. The quantitative estimate of drug-likeness (QED) is 0.316. The number of non-ortho nitro benzene ring substituents is 1. The zero-order valence-electron chi connectivity index (χ0n) is 20.7. The summed E-state index contributed by atoms with van der Waals surface area (Å²) in [6.07, 6.45) is 2.20. The number of methoxy groups -OCH3 is 1. The number of Topliss-reactive ketones (excluding diaryl/α,β-unsaturated/α-hetero) is 1. The number of aromatic amines is 1. The number of nitrogens with zero attached hydrogens (tertiary/aromatic N) is 3. The molecule has 2 heterocycles. The minimum atomic E-state index is -0.621. The largest absolute Gasteiger partial charge is 0.494 e. The van der Waals surface area contributed by atoms with Crippen LogP contribution in [0.1, 0.15) is 48.7 Å². The third-order valence-corrected chi connectivity index (χ3v) is 6.11. The van der Waals surface area contributed by atoms with Gasteiger partial charge in [0.1, 0.15) is 0 Å². The molecule has 0 unspecified atom stereocenters. The Morgan fingerprint density at radius 3 is 2.53 bits per heavy atom. The van der Waals surface area contributed by atoms with Crippen molar-refractivity contribution in [3.8, 4) is 11.4 Å². The van der Waals surface area contributed by atoms with Crippen molar-refractivity contribution in [1.82, 2.24) is 9.55 Å². The molecule has 0 radical (unpaired) electrons. The molecule has 188 valence electrons. The average Bonchev–Trinajstić information content (AvgIpc) is 2.81. The molecule has 0 aliphatic carbocycles. The summed E-state index contributed by atoms with van der Waals surface area (Å²) >= 11 is 0. The van der Waals surface area contributed by atoms with Crippen molar-refractivity contribution in [1.29, 1.82) is 0 Å². The van der Waals surface area contributed by atoms with Crippen molar-refractivity contribution in [3.05, 3.63) is 90.2 Å². The molecule has 10 nitrogen and oxygen atoms in total. The number of hydrogen-bond acceptors (Lipinski definition) is 7. The van der Waals surface area contributed by atoms with Crippen molar-refractivity contribution < 1.29 is 14.5 Å². The first kappa shape index (κ1) is 24.9. The van der Waals surface area contributed by atoms with Gasteiger partial charge in [-0.3, -0.25) is 29.3 Å². The highest BCUT2D eigenvalue weighted by atomic mass is 16.6. The van der Waals surface area contributed by atoms with Crippen LogP contribution < -0.4 is 20.9 Å². The van der Waals surface area contributed by atoms with E-state index < -0.39 is 16.2 Å². The van der Waals surface area contributed by atoms with Gasteiger partial charge in [0.2, 0.25) is 0 Å². The fraction of sp³-hybridized carbons (Fsp3) is 0.346. The molecule has 0 saturated carbocycles. The predicted molar refractivity (Wildman–Crippen MR) is 135 cm³/mol. The molecule has 36 heavy (non-hydrogen) atoms. The van der Waals surface area contributed by atoms with Gasteiger partial charge < -0.3 is 9.64 Å². The van der Waals surface area contributed by atoms with Crippen LogP contribution >= 0.6 is 0 Å². The maximum Gasteiger partial charge on any atom is 0.332 e. The summed E-state index contributed by atoms with van der Waals surface area (Å²) in [7, 11) is 1.50. The minimum Gasteiger partial charge on any atom is -0.494 e. The molecule has 0 bridgehead atoms. The highest BCUT2D eigenvalue weighted by Gasteiger charge is 2.27. The first-order valence-corrected chi connectivity index (χ1v) is 11.6. The molecule has 0 amide bonds.